The van der Waals surface area contributed by atoms with E-state index in [2.05, 4.69) is 5.32 Å². The van der Waals surface area contributed by atoms with E-state index in [9.17, 15) is 18.0 Å². The number of carbonyl (C=O) groups is 2. The van der Waals surface area contributed by atoms with Crippen LogP contribution in [0.5, 0.6) is 11.5 Å². The Bertz CT molecular complexity index is 1600. The van der Waals surface area contributed by atoms with Crippen molar-refractivity contribution in [3.63, 3.8) is 0 Å². The van der Waals surface area contributed by atoms with E-state index < -0.39 is 28.5 Å². The Labute approximate surface area is 268 Å². The fourth-order valence-corrected chi connectivity index (χ4v) is 6.90. The SMILES string of the molecule is CS(=O)(=O)N(CC(=O)N(Cc1ccc(Cl)cc1Cl)C(Cc1ccccc1)C(=O)NC1CCCCC1)c1ccc2c(c1)OCO2. The molecular formula is C32H35Cl2N3O6S. The molecular weight excluding hydrogens is 625 g/mol. The lowest BCUT2D eigenvalue weighted by atomic mass is 9.94. The number of nitrogens with zero attached hydrogens (tertiary/aromatic N) is 2. The predicted molar refractivity (Wildman–Crippen MR) is 171 cm³/mol. The monoisotopic (exact) mass is 659 g/mol. The molecule has 1 atom stereocenters. The van der Waals surface area contributed by atoms with Crippen molar-refractivity contribution < 1.29 is 27.5 Å². The first kappa shape index (κ1) is 31.9. The molecule has 44 heavy (non-hydrogen) atoms. The number of rotatable bonds is 11. The van der Waals surface area contributed by atoms with Crippen molar-refractivity contribution in [3.8, 4) is 11.5 Å². The zero-order valence-corrected chi connectivity index (χ0v) is 26.7. The highest BCUT2D eigenvalue weighted by molar-refractivity contribution is 7.92. The van der Waals surface area contributed by atoms with Crippen LogP contribution in [0.3, 0.4) is 0 Å². The molecule has 3 aromatic rings. The first-order valence-corrected chi connectivity index (χ1v) is 17.1. The smallest absolute Gasteiger partial charge is 0.244 e. The number of halogens is 2. The zero-order valence-electron chi connectivity index (χ0n) is 24.4. The van der Waals surface area contributed by atoms with Gasteiger partial charge < -0.3 is 19.7 Å². The Kier molecular flexibility index (Phi) is 10.2. The minimum Gasteiger partial charge on any atom is -0.454 e. The van der Waals surface area contributed by atoms with Gasteiger partial charge in [-0.15, -0.1) is 0 Å². The molecule has 0 spiro atoms. The highest BCUT2D eigenvalue weighted by atomic mass is 35.5. The molecule has 0 bridgehead atoms. The van der Waals surface area contributed by atoms with Gasteiger partial charge in [0.15, 0.2) is 11.5 Å². The molecule has 2 aliphatic rings. The normalized spacial score (nSPS) is 15.4. The topological polar surface area (TPSA) is 105 Å². The van der Waals surface area contributed by atoms with Crippen LogP contribution in [-0.2, 0) is 32.6 Å². The van der Waals surface area contributed by atoms with Crippen LogP contribution in [-0.4, -0.2) is 56.8 Å². The lowest BCUT2D eigenvalue weighted by Gasteiger charge is -2.35. The van der Waals surface area contributed by atoms with Gasteiger partial charge in [0.05, 0.1) is 11.9 Å². The summed E-state index contributed by atoms with van der Waals surface area (Å²) < 4.78 is 38.0. The maximum absolute atomic E-state index is 14.3. The van der Waals surface area contributed by atoms with Gasteiger partial charge in [-0.05, 0) is 48.2 Å². The second kappa shape index (κ2) is 14.1. The molecule has 1 fully saturated rings. The second-order valence-electron chi connectivity index (χ2n) is 11.1. The summed E-state index contributed by atoms with van der Waals surface area (Å²) in [5.41, 5.74) is 1.66. The maximum atomic E-state index is 14.3. The summed E-state index contributed by atoms with van der Waals surface area (Å²) in [6, 6.07) is 18.1. The van der Waals surface area contributed by atoms with Gasteiger partial charge in [-0.25, -0.2) is 8.42 Å². The third kappa shape index (κ3) is 7.97. The largest absolute Gasteiger partial charge is 0.454 e. The average Bonchev–Trinajstić information content (AvgIpc) is 3.47. The Balaban J connectivity index is 1.52. The van der Waals surface area contributed by atoms with E-state index in [1.165, 1.54) is 11.0 Å². The van der Waals surface area contributed by atoms with Crippen molar-refractivity contribution in [1.82, 2.24) is 10.2 Å². The number of sulfonamides is 1. The summed E-state index contributed by atoms with van der Waals surface area (Å²) in [5, 5.41) is 3.94. The quantitative estimate of drug-likeness (QED) is 0.288. The van der Waals surface area contributed by atoms with Crippen LogP contribution < -0.4 is 19.1 Å². The molecule has 3 aromatic carbocycles. The molecule has 1 heterocycles. The van der Waals surface area contributed by atoms with Crippen LogP contribution in [0, 0.1) is 0 Å². The Morgan fingerprint density at radius 3 is 2.39 bits per heavy atom. The van der Waals surface area contributed by atoms with Crippen LogP contribution >= 0.6 is 23.2 Å². The number of nitrogens with one attached hydrogen (secondary N) is 1. The molecule has 12 heteroatoms. The first-order valence-electron chi connectivity index (χ1n) is 14.5. The van der Waals surface area contributed by atoms with Crippen LogP contribution in [0.25, 0.3) is 0 Å². The van der Waals surface area contributed by atoms with Crippen molar-refractivity contribution in [2.45, 2.75) is 57.2 Å². The predicted octanol–water partition coefficient (Wildman–Crippen LogP) is 5.58. The summed E-state index contributed by atoms with van der Waals surface area (Å²) in [6.07, 6.45) is 6.16. The Morgan fingerprint density at radius 2 is 1.68 bits per heavy atom. The van der Waals surface area contributed by atoms with Crippen molar-refractivity contribution in [2.24, 2.45) is 0 Å². The number of fused-ring (bicyclic) bond motifs is 1. The molecule has 0 radical (unpaired) electrons. The second-order valence-corrected chi connectivity index (χ2v) is 13.9. The van der Waals surface area contributed by atoms with Crippen LogP contribution in [0.2, 0.25) is 10.0 Å². The van der Waals surface area contributed by atoms with Gasteiger partial charge in [-0.3, -0.25) is 13.9 Å². The molecule has 9 nitrogen and oxygen atoms in total. The van der Waals surface area contributed by atoms with Gasteiger partial charge in [0.25, 0.3) is 0 Å². The van der Waals surface area contributed by atoms with Crippen LogP contribution in [0.4, 0.5) is 5.69 Å². The lowest BCUT2D eigenvalue weighted by Crippen LogP contribution is -2.55. The number of benzene rings is 3. The Hall–Kier alpha value is -3.47. The van der Waals surface area contributed by atoms with Crippen molar-refractivity contribution in [1.29, 1.82) is 0 Å². The third-order valence-electron chi connectivity index (χ3n) is 7.90. The van der Waals surface area contributed by atoms with Crippen molar-refractivity contribution >= 4 is 50.7 Å². The molecule has 0 saturated heterocycles. The van der Waals surface area contributed by atoms with Gasteiger partial charge in [0.1, 0.15) is 12.6 Å². The minimum absolute atomic E-state index is 0.00625. The van der Waals surface area contributed by atoms with E-state index in [-0.39, 0.29) is 37.4 Å². The third-order valence-corrected chi connectivity index (χ3v) is 9.63. The van der Waals surface area contributed by atoms with Gasteiger partial charge in [-0.2, -0.15) is 0 Å². The summed E-state index contributed by atoms with van der Waals surface area (Å²) in [5.74, 6) is -0.0101. The fraction of sp³-hybridized carbons (Fsp3) is 0.375. The van der Waals surface area contributed by atoms with E-state index in [0.29, 0.717) is 27.1 Å². The number of ether oxygens (including phenoxy) is 2. The summed E-state index contributed by atoms with van der Waals surface area (Å²) in [7, 11) is -3.93. The summed E-state index contributed by atoms with van der Waals surface area (Å²) >= 11 is 12.7. The molecule has 2 amide bonds. The van der Waals surface area contributed by atoms with Crippen LogP contribution in [0.15, 0.2) is 66.7 Å². The van der Waals surface area contributed by atoms with E-state index in [4.69, 9.17) is 32.7 Å². The zero-order chi connectivity index (χ0) is 31.3. The lowest BCUT2D eigenvalue weighted by molar-refractivity contribution is -0.140. The number of hydrogen-bond acceptors (Lipinski definition) is 6. The molecule has 1 unspecified atom stereocenters. The van der Waals surface area contributed by atoms with Gasteiger partial charge in [0, 0.05) is 35.1 Å². The highest BCUT2D eigenvalue weighted by Gasteiger charge is 2.34. The molecule has 0 aromatic heterocycles. The molecule has 1 aliphatic carbocycles. The number of amides is 2. The minimum atomic E-state index is -3.93. The van der Waals surface area contributed by atoms with Crippen molar-refractivity contribution in [3.05, 3.63) is 87.9 Å². The average molecular weight is 661 g/mol. The van der Waals surface area contributed by atoms with Gasteiger partial charge in [0.2, 0.25) is 28.6 Å². The molecule has 1 aliphatic heterocycles. The number of hydrogen-bond donors (Lipinski definition) is 1. The summed E-state index contributed by atoms with van der Waals surface area (Å²) in [4.78, 5) is 29.8. The van der Waals surface area contributed by atoms with E-state index in [1.54, 1.807) is 30.3 Å². The molecule has 234 valence electrons. The van der Waals surface area contributed by atoms with E-state index in [1.807, 2.05) is 30.3 Å². The van der Waals surface area contributed by atoms with Gasteiger partial charge in [-0.1, -0.05) is 78.9 Å². The highest BCUT2D eigenvalue weighted by Crippen LogP contribution is 2.36. The molecule has 1 saturated carbocycles. The number of carbonyl (C=O) groups excluding carboxylic acids is 2. The van der Waals surface area contributed by atoms with Crippen molar-refractivity contribution in [2.75, 3.05) is 23.9 Å². The van der Waals surface area contributed by atoms with E-state index >= 15 is 0 Å². The number of anilines is 1. The standard InChI is InChI=1S/C32H35Cl2N3O6S/c1-44(40,41)37(26-14-15-29-30(18-26)43-21-42-29)20-31(38)36(19-23-12-13-24(33)17-27(23)34)28(16-22-8-4-2-5-9-22)32(39)35-25-10-6-3-7-11-25/h2,4-5,8-9,12-15,17-18,25,28H,3,6-7,10-11,16,19-21H2,1H3,(H,35,39). The van der Waals surface area contributed by atoms with Gasteiger partial charge >= 0.3 is 0 Å². The summed E-state index contributed by atoms with van der Waals surface area (Å²) in [6.45, 7) is -0.571. The maximum Gasteiger partial charge on any atom is 0.244 e. The van der Waals surface area contributed by atoms with Crippen LogP contribution in [0.1, 0.15) is 43.2 Å². The fourth-order valence-electron chi connectivity index (χ4n) is 5.59. The molecule has 1 N–H and O–H groups in total. The first-order chi connectivity index (χ1) is 21.1. The molecule has 5 rings (SSSR count). The Morgan fingerprint density at radius 1 is 0.955 bits per heavy atom. The van der Waals surface area contributed by atoms with E-state index in [0.717, 1.165) is 48.2 Å².